The quantitative estimate of drug-likeness (QED) is 0.582. The average Bonchev–Trinajstić information content (AvgIpc) is 3.54. The van der Waals surface area contributed by atoms with Crippen molar-refractivity contribution in [2.24, 2.45) is 0 Å². The molecule has 0 atom stereocenters. The summed E-state index contributed by atoms with van der Waals surface area (Å²) in [6.07, 6.45) is 5.75. The van der Waals surface area contributed by atoms with Crippen molar-refractivity contribution in [3.63, 3.8) is 0 Å². The van der Waals surface area contributed by atoms with E-state index in [9.17, 15) is 4.79 Å². The molecule has 1 saturated carbocycles. The number of thioether (sulfide) groups is 1. The summed E-state index contributed by atoms with van der Waals surface area (Å²) in [5, 5.41) is 11.7. The molecule has 0 saturated heterocycles. The standard InChI is InChI=1S/C21H22N4O4S/c26-18(13-30-20-25-24-19(29-20)15-4-3-9-22-15)23-21(7-1-2-8-21)14-5-6-16-17(12-14)28-11-10-27-16/h3-6,9,12,22H,1-2,7-8,10-11,13H2,(H,23,26). The van der Waals surface area contributed by atoms with Crippen molar-refractivity contribution in [2.45, 2.75) is 36.4 Å². The predicted octanol–water partition coefficient (Wildman–Crippen LogP) is 3.51. The topological polar surface area (TPSA) is 102 Å². The number of hydrogen-bond acceptors (Lipinski definition) is 7. The molecule has 5 rings (SSSR count). The van der Waals surface area contributed by atoms with Crippen LogP contribution in [0.3, 0.4) is 0 Å². The van der Waals surface area contributed by atoms with Crippen LogP contribution in [0.1, 0.15) is 31.2 Å². The molecule has 1 amide bonds. The molecule has 0 radical (unpaired) electrons. The Bertz CT molecular complexity index is 1030. The van der Waals surface area contributed by atoms with Crippen LogP contribution < -0.4 is 14.8 Å². The van der Waals surface area contributed by atoms with E-state index in [1.54, 1.807) is 6.20 Å². The minimum atomic E-state index is -0.377. The van der Waals surface area contributed by atoms with Crippen LogP contribution in [0.15, 0.2) is 46.2 Å². The van der Waals surface area contributed by atoms with Gasteiger partial charge < -0.3 is 24.2 Å². The highest BCUT2D eigenvalue weighted by molar-refractivity contribution is 7.99. The fraction of sp³-hybridized carbons (Fsp3) is 0.381. The fourth-order valence-electron chi connectivity index (χ4n) is 4.08. The summed E-state index contributed by atoms with van der Waals surface area (Å²) in [7, 11) is 0. The number of H-pyrrole nitrogens is 1. The van der Waals surface area contributed by atoms with Crippen molar-refractivity contribution in [3.8, 4) is 23.1 Å². The van der Waals surface area contributed by atoms with E-state index in [0.717, 1.165) is 48.4 Å². The van der Waals surface area contributed by atoms with Gasteiger partial charge >= 0.3 is 0 Å². The summed E-state index contributed by atoms with van der Waals surface area (Å²) in [6, 6.07) is 9.69. The molecule has 0 spiro atoms. The molecule has 2 aromatic heterocycles. The Morgan fingerprint density at radius 3 is 2.77 bits per heavy atom. The van der Waals surface area contributed by atoms with E-state index in [1.807, 2.05) is 30.3 Å². The van der Waals surface area contributed by atoms with Gasteiger partial charge in [-0.3, -0.25) is 4.79 Å². The van der Waals surface area contributed by atoms with Gasteiger partial charge in [-0.05, 0) is 42.7 Å². The van der Waals surface area contributed by atoms with Crippen molar-refractivity contribution in [1.29, 1.82) is 0 Å². The monoisotopic (exact) mass is 426 g/mol. The summed E-state index contributed by atoms with van der Waals surface area (Å²) in [4.78, 5) is 15.8. The molecular formula is C21H22N4O4S. The average molecular weight is 426 g/mol. The Labute approximate surface area is 177 Å². The Kier molecular flexibility index (Phi) is 5.12. The second kappa shape index (κ2) is 8.06. The molecule has 0 bridgehead atoms. The number of benzene rings is 1. The van der Waals surface area contributed by atoms with E-state index in [0.29, 0.717) is 24.3 Å². The number of carbonyl (C=O) groups is 1. The van der Waals surface area contributed by atoms with E-state index in [1.165, 1.54) is 11.8 Å². The van der Waals surface area contributed by atoms with Crippen molar-refractivity contribution >= 4 is 17.7 Å². The van der Waals surface area contributed by atoms with Crippen LogP contribution >= 0.6 is 11.8 Å². The van der Waals surface area contributed by atoms with Crippen LogP contribution in [0.5, 0.6) is 11.5 Å². The second-order valence-electron chi connectivity index (χ2n) is 7.44. The molecule has 30 heavy (non-hydrogen) atoms. The summed E-state index contributed by atoms with van der Waals surface area (Å²) < 4.78 is 17.0. The molecule has 3 aromatic rings. The molecular weight excluding hydrogens is 404 g/mol. The minimum Gasteiger partial charge on any atom is -0.486 e. The Morgan fingerprint density at radius 1 is 1.13 bits per heavy atom. The lowest BCUT2D eigenvalue weighted by Gasteiger charge is -2.32. The number of fused-ring (bicyclic) bond motifs is 1. The number of rotatable bonds is 6. The lowest BCUT2D eigenvalue weighted by Crippen LogP contribution is -2.44. The third kappa shape index (κ3) is 3.77. The number of nitrogens with zero attached hydrogens (tertiary/aromatic N) is 2. The van der Waals surface area contributed by atoms with Gasteiger partial charge in [0.1, 0.15) is 18.9 Å². The maximum Gasteiger partial charge on any atom is 0.277 e. The molecule has 1 aliphatic carbocycles. The van der Waals surface area contributed by atoms with Crippen molar-refractivity contribution < 1.29 is 18.7 Å². The zero-order valence-electron chi connectivity index (χ0n) is 16.3. The second-order valence-corrected chi connectivity index (χ2v) is 8.37. The summed E-state index contributed by atoms with van der Waals surface area (Å²) in [5.41, 5.74) is 1.44. The molecule has 9 heteroatoms. The van der Waals surface area contributed by atoms with Gasteiger partial charge in [-0.25, -0.2) is 0 Å². The van der Waals surface area contributed by atoms with E-state index < -0.39 is 0 Å². The lowest BCUT2D eigenvalue weighted by atomic mass is 9.87. The molecule has 3 heterocycles. The van der Waals surface area contributed by atoms with Gasteiger partial charge in [0, 0.05) is 6.20 Å². The third-order valence-electron chi connectivity index (χ3n) is 5.49. The highest BCUT2D eigenvalue weighted by atomic mass is 32.2. The fourth-order valence-corrected chi connectivity index (χ4v) is 4.64. The number of amides is 1. The van der Waals surface area contributed by atoms with Gasteiger partial charge in [-0.1, -0.05) is 30.7 Å². The molecule has 0 unspecified atom stereocenters. The van der Waals surface area contributed by atoms with Crippen LogP contribution in [-0.2, 0) is 10.3 Å². The van der Waals surface area contributed by atoms with Crippen LogP contribution in [0.2, 0.25) is 0 Å². The largest absolute Gasteiger partial charge is 0.486 e. The first-order valence-electron chi connectivity index (χ1n) is 10.0. The number of aromatic nitrogens is 3. The smallest absolute Gasteiger partial charge is 0.277 e. The summed E-state index contributed by atoms with van der Waals surface area (Å²) >= 11 is 1.24. The lowest BCUT2D eigenvalue weighted by molar-refractivity contribution is -0.120. The first-order chi connectivity index (χ1) is 14.7. The number of hydrogen-bond donors (Lipinski definition) is 2. The molecule has 8 nitrogen and oxygen atoms in total. The van der Waals surface area contributed by atoms with Crippen LogP contribution in [-0.4, -0.2) is 40.1 Å². The SMILES string of the molecule is O=C(CSc1nnc(-c2ccc[nH]2)o1)NC1(c2ccc3c(c2)OCCO3)CCCC1. The Morgan fingerprint density at radius 2 is 1.97 bits per heavy atom. The number of ether oxygens (including phenoxy) is 2. The molecule has 1 aliphatic heterocycles. The first-order valence-corrected chi connectivity index (χ1v) is 11.0. The van der Waals surface area contributed by atoms with Crippen LogP contribution in [0.25, 0.3) is 11.6 Å². The minimum absolute atomic E-state index is 0.0589. The molecule has 1 fully saturated rings. The summed E-state index contributed by atoms with van der Waals surface area (Å²) in [5.74, 6) is 2.06. The number of nitrogens with one attached hydrogen (secondary N) is 2. The van der Waals surface area contributed by atoms with E-state index in [-0.39, 0.29) is 17.2 Å². The van der Waals surface area contributed by atoms with Gasteiger partial charge in [0.2, 0.25) is 5.91 Å². The van der Waals surface area contributed by atoms with Gasteiger partial charge in [-0.15, -0.1) is 10.2 Å². The van der Waals surface area contributed by atoms with Gasteiger partial charge in [0.15, 0.2) is 11.5 Å². The van der Waals surface area contributed by atoms with Crippen LogP contribution in [0, 0.1) is 0 Å². The molecule has 1 aromatic carbocycles. The van der Waals surface area contributed by atoms with Gasteiger partial charge in [0.25, 0.3) is 11.1 Å². The number of aromatic amines is 1. The highest BCUT2D eigenvalue weighted by Crippen LogP contribution is 2.42. The highest BCUT2D eigenvalue weighted by Gasteiger charge is 2.38. The zero-order valence-corrected chi connectivity index (χ0v) is 17.2. The Hall–Kier alpha value is -2.94. The maximum absolute atomic E-state index is 12.8. The predicted molar refractivity (Wildman–Crippen MR) is 111 cm³/mol. The Balaban J connectivity index is 1.26. The molecule has 2 N–H and O–H groups in total. The van der Waals surface area contributed by atoms with E-state index in [2.05, 4.69) is 20.5 Å². The maximum atomic E-state index is 12.8. The van der Waals surface area contributed by atoms with E-state index in [4.69, 9.17) is 13.9 Å². The number of carbonyl (C=O) groups excluding carboxylic acids is 1. The third-order valence-corrected chi connectivity index (χ3v) is 6.31. The van der Waals surface area contributed by atoms with Crippen LogP contribution in [0.4, 0.5) is 0 Å². The van der Waals surface area contributed by atoms with Gasteiger partial charge in [0.05, 0.1) is 11.3 Å². The van der Waals surface area contributed by atoms with Gasteiger partial charge in [-0.2, -0.15) is 0 Å². The van der Waals surface area contributed by atoms with Crippen molar-refractivity contribution in [1.82, 2.24) is 20.5 Å². The normalized spacial score (nSPS) is 17.1. The van der Waals surface area contributed by atoms with Crippen molar-refractivity contribution in [3.05, 3.63) is 42.1 Å². The zero-order chi connectivity index (χ0) is 20.4. The van der Waals surface area contributed by atoms with E-state index >= 15 is 0 Å². The first kappa shape index (κ1) is 19.0. The summed E-state index contributed by atoms with van der Waals surface area (Å²) in [6.45, 7) is 1.10. The molecule has 2 aliphatic rings. The molecule has 156 valence electrons. The van der Waals surface area contributed by atoms with Crippen molar-refractivity contribution in [2.75, 3.05) is 19.0 Å².